The molecule has 0 aliphatic heterocycles. The number of sulfonamides is 1. The van der Waals surface area contributed by atoms with Crippen molar-refractivity contribution in [2.45, 2.75) is 31.8 Å². The van der Waals surface area contributed by atoms with E-state index in [1.54, 1.807) is 0 Å². The molecule has 1 heterocycles. The highest BCUT2D eigenvalue weighted by Crippen LogP contribution is 2.20. The van der Waals surface area contributed by atoms with Gasteiger partial charge in [0.15, 0.2) is 5.03 Å². The molecule has 2 rings (SSSR count). The Hall–Kier alpha value is -1.66. The van der Waals surface area contributed by atoms with Crippen molar-refractivity contribution in [3.05, 3.63) is 47.2 Å². The van der Waals surface area contributed by atoms with Crippen LogP contribution < -0.4 is 4.72 Å². The van der Waals surface area contributed by atoms with Gasteiger partial charge in [0.25, 0.3) is 10.0 Å². The Balaban J connectivity index is 2.26. The van der Waals surface area contributed by atoms with Crippen molar-refractivity contribution in [2.75, 3.05) is 0 Å². The van der Waals surface area contributed by atoms with Crippen molar-refractivity contribution in [3.63, 3.8) is 0 Å². The molecule has 0 bridgehead atoms. The highest BCUT2D eigenvalue weighted by molar-refractivity contribution is 7.89. The second kappa shape index (κ2) is 5.14. The fraction of sp³-hybridized carbons (Fsp3) is 0.308. The van der Waals surface area contributed by atoms with Crippen LogP contribution in [0.25, 0.3) is 0 Å². The van der Waals surface area contributed by atoms with Crippen LogP contribution in [0.1, 0.15) is 29.7 Å². The van der Waals surface area contributed by atoms with Crippen molar-refractivity contribution in [1.29, 1.82) is 0 Å². The minimum atomic E-state index is -3.56. The minimum absolute atomic E-state index is 0.0738. The molecule has 102 valence electrons. The van der Waals surface area contributed by atoms with Gasteiger partial charge in [-0.3, -0.25) is 5.10 Å². The van der Waals surface area contributed by atoms with Gasteiger partial charge >= 0.3 is 0 Å². The molecule has 0 fully saturated rings. The van der Waals surface area contributed by atoms with Crippen molar-refractivity contribution in [1.82, 2.24) is 14.9 Å². The predicted octanol–water partition coefficient (Wildman–Crippen LogP) is 2.07. The highest BCUT2D eigenvalue weighted by atomic mass is 32.2. The van der Waals surface area contributed by atoms with Gasteiger partial charge in [-0.05, 0) is 38.0 Å². The maximum absolute atomic E-state index is 12.1. The predicted molar refractivity (Wildman–Crippen MR) is 73.2 cm³/mol. The minimum Gasteiger partial charge on any atom is -0.266 e. The topological polar surface area (TPSA) is 74.8 Å². The quantitative estimate of drug-likeness (QED) is 0.899. The maximum atomic E-state index is 12.1. The number of benzene rings is 1. The number of aromatic amines is 1. The summed E-state index contributed by atoms with van der Waals surface area (Å²) < 4.78 is 26.8. The van der Waals surface area contributed by atoms with Crippen LogP contribution in [-0.2, 0) is 10.0 Å². The Morgan fingerprint density at radius 3 is 2.63 bits per heavy atom. The number of rotatable bonds is 4. The van der Waals surface area contributed by atoms with Crippen LogP contribution in [0.5, 0.6) is 0 Å². The molecule has 0 aliphatic rings. The lowest BCUT2D eigenvalue weighted by atomic mass is 10.0. The third-order valence-corrected chi connectivity index (χ3v) is 4.47. The molecular weight excluding hydrogens is 262 g/mol. The van der Waals surface area contributed by atoms with E-state index in [2.05, 4.69) is 14.9 Å². The summed E-state index contributed by atoms with van der Waals surface area (Å²) in [4.78, 5) is 0. The third-order valence-electron chi connectivity index (χ3n) is 3.00. The van der Waals surface area contributed by atoms with Crippen LogP contribution in [0.15, 0.2) is 35.5 Å². The van der Waals surface area contributed by atoms with Gasteiger partial charge in [0.2, 0.25) is 0 Å². The highest BCUT2D eigenvalue weighted by Gasteiger charge is 2.20. The Bertz CT molecular complexity index is 663. The first-order valence-corrected chi connectivity index (χ1v) is 7.47. The average Bonchev–Trinajstić information content (AvgIpc) is 2.86. The van der Waals surface area contributed by atoms with E-state index in [1.165, 1.54) is 12.3 Å². The zero-order chi connectivity index (χ0) is 14.0. The van der Waals surface area contributed by atoms with E-state index in [0.717, 1.165) is 16.7 Å². The standard InChI is InChI=1S/C13H17N3O2S/c1-9-4-5-10(2)12(8-9)11(3)16-19(17,18)13-6-7-14-15-13/h4-8,11,16H,1-3H3,(H,14,15). The summed E-state index contributed by atoms with van der Waals surface area (Å²) in [6.45, 7) is 5.78. The van der Waals surface area contributed by atoms with E-state index in [-0.39, 0.29) is 11.1 Å². The summed E-state index contributed by atoms with van der Waals surface area (Å²) >= 11 is 0. The molecule has 0 radical (unpaired) electrons. The van der Waals surface area contributed by atoms with E-state index < -0.39 is 10.0 Å². The lowest BCUT2D eigenvalue weighted by molar-refractivity contribution is 0.562. The zero-order valence-corrected chi connectivity index (χ0v) is 12.0. The summed E-state index contributed by atoms with van der Waals surface area (Å²) in [5.41, 5.74) is 3.14. The van der Waals surface area contributed by atoms with Crippen LogP contribution in [0, 0.1) is 13.8 Å². The molecule has 2 aromatic rings. The molecule has 1 aromatic carbocycles. The van der Waals surface area contributed by atoms with Crippen molar-refractivity contribution >= 4 is 10.0 Å². The second-order valence-corrected chi connectivity index (χ2v) is 6.31. The van der Waals surface area contributed by atoms with E-state index in [9.17, 15) is 8.42 Å². The molecule has 1 atom stereocenters. The average molecular weight is 279 g/mol. The van der Waals surface area contributed by atoms with E-state index in [1.807, 2.05) is 39.0 Å². The first kappa shape index (κ1) is 13.8. The van der Waals surface area contributed by atoms with Crippen molar-refractivity contribution < 1.29 is 8.42 Å². The number of nitrogens with one attached hydrogen (secondary N) is 2. The Kier molecular flexibility index (Phi) is 3.73. The molecule has 1 aromatic heterocycles. The monoisotopic (exact) mass is 279 g/mol. The fourth-order valence-corrected chi connectivity index (χ4v) is 3.11. The molecule has 0 spiro atoms. The largest absolute Gasteiger partial charge is 0.266 e. The molecule has 19 heavy (non-hydrogen) atoms. The SMILES string of the molecule is Cc1ccc(C)c(C(C)NS(=O)(=O)c2ccn[nH]2)c1. The molecule has 0 saturated carbocycles. The molecule has 0 saturated heterocycles. The lowest BCUT2D eigenvalue weighted by Gasteiger charge is -2.16. The number of nitrogens with zero attached hydrogens (tertiary/aromatic N) is 1. The smallest absolute Gasteiger partial charge is 0.258 e. The molecule has 5 nitrogen and oxygen atoms in total. The normalized spacial score (nSPS) is 13.4. The van der Waals surface area contributed by atoms with Crippen molar-refractivity contribution in [3.8, 4) is 0 Å². The Morgan fingerprint density at radius 1 is 1.26 bits per heavy atom. The molecular formula is C13H17N3O2S. The third kappa shape index (κ3) is 3.02. The molecule has 2 N–H and O–H groups in total. The molecule has 1 unspecified atom stereocenters. The molecule has 0 aliphatic carbocycles. The first-order valence-electron chi connectivity index (χ1n) is 5.99. The molecule has 6 heteroatoms. The van der Waals surface area contributed by atoms with E-state index >= 15 is 0 Å². The van der Waals surface area contributed by atoms with Crippen LogP contribution in [0.3, 0.4) is 0 Å². The van der Waals surface area contributed by atoms with Crippen LogP contribution in [0.4, 0.5) is 0 Å². The summed E-state index contributed by atoms with van der Waals surface area (Å²) in [5.74, 6) is 0. The number of H-pyrrole nitrogens is 1. The van der Waals surface area contributed by atoms with Gasteiger partial charge in [-0.25, -0.2) is 13.1 Å². The van der Waals surface area contributed by atoms with Gasteiger partial charge < -0.3 is 0 Å². The second-order valence-electron chi connectivity index (χ2n) is 4.62. The number of aromatic nitrogens is 2. The number of aryl methyl sites for hydroxylation is 2. The maximum Gasteiger partial charge on any atom is 0.258 e. The Morgan fingerprint density at radius 2 is 2.00 bits per heavy atom. The van der Waals surface area contributed by atoms with Gasteiger partial charge in [0, 0.05) is 6.04 Å². The van der Waals surface area contributed by atoms with Crippen LogP contribution in [0.2, 0.25) is 0 Å². The fourth-order valence-electron chi connectivity index (χ4n) is 1.98. The summed E-state index contributed by atoms with van der Waals surface area (Å²) in [6, 6.07) is 7.13. The lowest BCUT2D eigenvalue weighted by Crippen LogP contribution is -2.27. The summed E-state index contributed by atoms with van der Waals surface area (Å²) in [7, 11) is -3.56. The van der Waals surface area contributed by atoms with Gasteiger partial charge in [0.1, 0.15) is 0 Å². The number of hydrogen-bond donors (Lipinski definition) is 2. The van der Waals surface area contributed by atoms with Gasteiger partial charge in [0.05, 0.1) is 6.20 Å². The summed E-state index contributed by atoms with van der Waals surface area (Å²) in [5, 5.41) is 6.19. The van der Waals surface area contributed by atoms with Crippen molar-refractivity contribution in [2.24, 2.45) is 0 Å². The Labute approximate surface area is 113 Å². The van der Waals surface area contributed by atoms with Gasteiger partial charge in [-0.1, -0.05) is 23.8 Å². The van der Waals surface area contributed by atoms with Gasteiger partial charge in [-0.15, -0.1) is 0 Å². The first-order chi connectivity index (χ1) is 8.90. The van der Waals surface area contributed by atoms with Crippen LogP contribution >= 0.6 is 0 Å². The molecule has 0 amide bonds. The summed E-state index contributed by atoms with van der Waals surface area (Å²) in [6.07, 6.45) is 1.41. The van der Waals surface area contributed by atoms with Gasteiger partial charge in [-0.2, -0.15) is 5.10 Å². The zero-order valence-electron chi connectivity index (χ0n) is 11.1. The van der Waals surface area contributed by atoms with E-state index in [0.29, 0.717) is 0 Å². The number of hydrogen-bond acceptors (Lipinski definition) is 3. The van der Waals surface area contributed by atoms with E-state index in [4.69, 9.17) is 0 Å². The van der Waals surface area contributed by atoms with Crippen LogP contribution in [-0.4, -0.2) is 18.6 Å².